The van der Waals surface area contributed by atoms with Crippen molar-refractivity contribution < 1.29 is 0 Å². The molecule has 0 fully saturated rings. The van der Waals surface area contributed by atoms with Gasteiger partial charge in [-0.15, -0.1) is 5.73 Å². The highest BCUT2D eigenvalue weighted by atomic mass is 14.0. The first-order valence-corrected chi connectivity index (χ1v) is 5.07. The summed E-state index contributed by atoms with van der Waals surface area (Å²) >= 11 is 0. The van der Waals surface area contributed by atoms with Crippen molar-refractivity contribution in [3.05, 3.63) is 52.8 Å². The van der Waals surface area contributed by atoms with Gasteiger partial charge in [-0.1, -0.05) is 44.2 Å². The Morgan fingerprint density at radius 3 is 2.71 bits per heavy atom. The van der Waals surface area contributed by atoms with Crippen molar-refractivity contribution in [2.75, 3.05) is 0 Å². The molecule has 0 saturated heterocycles. The van der Waals surface area contributed by atoms with Crippen LogP contribution in [0.5, 0.6) is 0 Å². The van der Waals surface area contributed by atoms with Gasteiger partial charge in [-0.05, 0) is 35.8 Å². The van der Waals surface area contributed by atoms with E-state index in [1.54, 1.807) is 0 Å². The molecule has 72 valence electrons. The van der Waals surface area contributed by atoms with E-state index in [0.29, 0.717) is 0 Å². The molecule has 0 spiro atoms. The number of fused-ring (bicyclic) bond motifs is 1. The fourth-order valence-corrected chi connectivity index (χ4v) is 1.39. The fraction of sp³-hybridized carbons (Fsp3) is 0.214. The molecule has 0 amide bonds. The molecule has 0 atom stereocenters. The summed E-state index contributed by atoms with van der Waals surface area (Å²) in [6.45, 7) is 6.13. The summed E-state index contributed by atoms with van der Waals surface area (Å²) in [5.74, 6) is 0. The Balaban J connectivity index is 0.000000461. The number of allylic oxidation sites excluding steroid dienone is 2. The van der Waals surface area contributed by atoms with Crippen molar-refractivity contribution in [1.82, 2.24) is 0 Å². The lowest BCUT2D eigenvalue weighted by Crippen LogP contribution is -1.83. The maximum Gasteiger partial charge on any atom is -0.0104 e. The summed E-state index contributed by atoms with van der Waals surface area (Å²) in [4.78, 5) is 0. The summed E-state index contributed by atoms with van der Waals surface area (Å²) in [5, 5.41) is 0. The zero-order valence-corrected chi connectivity index (χ0v) is 9.04. The standard InChI is InChI=1S/C12H10.C2H6/c1-10-6-5-8-11-7-3-2-4-9-12(10)11;1-2/h2,4-9H,1H3;1-2H3. The lowest BCUT2D eigenvalue weighted by atomic mass is 10.0. The van der Waals surface area contributed by atoms with Crippen LogP contribution in [0.25, 0.3) is 12.2 Å². The number of hydrogen-bond acceptors (Lipinski definition) is 0. The number of aryl methyl sites for hydroxylation is 1. The smallest absolute Gasteiger partial charge is 0.0104 e. The molecule has 0 nitrogen and oxygen atoms in total. The van der Waals surface area contributed by atoms with Gasteiger partial charge in [0.15, 0.2) is 0 Å². The lowest BCUT2D eigenvalue weighted by molar-refractivity contribution is 1.43. The molecule has 0 unspecified atom stereocenters. The zero-order chi connectivity index (χ0) is 10.4. The van der Waals surface area contributed by atoms with Crippen molar-refractivity contribution >= 4 is 12.2 Å². The predicted molar refractivity (Wildman–Crippen MR) is 64.1 cm³/mol. The van der Waals surface area contributed by atoms with E-state index in [1.807, 2.05) is 32.1 Å². The minimum Gasteiger partial charge on any atom is -0.120 e. The second kappa shape index (κ2) is 5.26. The van der Waals surface area contributed by atoms with Gasteiger partial charge < -0.3 is 0 Å². The molecule has 0 N–H and O–H groups in total. The molecule has 0 radical (unpaired) electrons. The third-order valence-corrected chi connectivity index (χ3v) is 2.05. The summed E-state index contributed by atoms with van der Waals surface area (Å²) in [6.07, 6.45) is 8.10. The molecule has 0 bridgehead atoms. The molecule has 0 heteroatoms. The molecule has 2 rings (SSSR count). The van der Waals surface area contributed by atoms with E-state index in [4.69, 9.17) is 0 Å². The highest BCUT2D eigenvalue weighted by molar-refractivity contribution is 5.69. The molecule has 1 aliphatic carbocycles. The van der Waals surface area contributed by atoms with E-state index in [-0.39, 0.29) is 0 Å². The van der Waals surface area contributed by atoms with Crippen LogP contribution in [0.2, 0.25) is 0 Å². The van der Waals surface area contributed by atoms with Crippen LogP contribution in [0.4, 0.5) is 0 Å². The van der Waals surface area contributed by atoms with Crippen molar-refractivity contribution in [3.63, 3.8) is 0 Å². The average Bonchev–Trinajstić information content (AvgIpc) is 2.47. The van der Waals surface area contributed by atoms with E-state index >= 15 is 0 Å². The molecule has 0 aromatic heterocycles. The molecular weight excluding hydrogens is 168 g/mol. The first kappa shape index (κ1) is 10.6. The number of rotatable bonds is 0. The molecule has 0 saturated carbocycles. The predicted octanol–water partition coefficient (Wildman–Crippen LogP) is 4.22. The van der Waals surface area contributed by atoms with Crippen LogP contribution in [-0.4, -0.2) is 0 Å². The van der Waals surface area contributed by atoms with Crippen LogP contribution in [0, 0.1) is 6.92 Å². The van der Waals surface area contributed by atoms with Crippen molar-refractivity contribution in [2.45, 2.75) is 20.8 Å². The van der Waals surface area contributed by atoms with Gasteiger partial charge in [0, 0.05) is 0 Å². The quantitative estimate of drug-likeness (QED) is 0.530. The number of hydrogen-bond donors (Lipinski definition) is 0. The minimum absolute atomic E-state index is 1.25. The van der Waals surface area contributed by atoms with Gasteiger partial charge in [0.25, 0.3) is 0 Å². The normalized spacial score (nSPS) is 11.4. The molecule has 1 aromatic carbocycles. The van der Waals surface area contributed by atoms with Gasteiger partial charge >= 0.3 is 0 Å². The van der Waals surface area contributed by atoms with Gasteiger partial charge in [-0.2, -0.15) is 0 Å². The Labute approximate surface area is 86.3 Å². The first-order valence-electron chi connectivity index (χ1n) is 5.07. The van der Waals surface area contributed by atoms with E-state index in [1.165, 1.54) is 16.7 Å². The third-order valence-electron chi connectivity index (χ3n) is 2.05. The van der Waals surface area contributed by atoms with Crippen LogP contribution in [0.3, 0.4) is 0 Å². The summed E-state index contributed by atoms with van der Waals surface area (Å²) in [7, 11) is 0. The van der Waals surface area contributed by atoms with Crippen LogP contribution >= 0.6 is 0 Å². The summed E-state index contributed by atoms with van der Waals surface area (Å²) < 4.78 is 0. The van der Waals surface area contributed by atoms with Gasteiger partial charge in [0.1, 0.15) is 0 Å². The molecule has 14 heavy (non-hydrogen) atoms. The van der Waals surface area contributed by atoms with Gasteiger partial charge in [-0.3, -0.25) is 0 Å². The van der Waals surface area contributed by atoms with E-state index < -0.39 is 0 Å². The van der Waals surface area contributed by atoms with Crippen LogP contribution in [0.15, 0.2) is 36.1 Å². The third kappa shape index (κ3) is 2.25. The van der Waals surface area contributed by atoms with Gasteiger partial charge in [0.2, 0.25) is 0 Å². The molecular formula is C14H16. The SMILES string of the molecule is CC.Cc1cccc2c1C=CC=C=C2. The molecule has 0 aliphatic heterocycles. The molecule has 1 aliphatic rings. The monoisotopic (exact) mass is 184 g/mol. The second-order valence-corrected chi connectivity index (χ2v) is 2.91. The maximum absolute atomic E-state index is 3.09. The summed E-state index contributed by atoms with van der Waals surface area (Å²) in [6, 6.07) is 6.31. The first-order chi connectivity index (χ1) is 6.88. The van der Waals surface area contributed by atoms with Gasteiger partial charge in [-0.25, -0.2) is 0 Å². The van der Waals surface area contributed by atoms with Gasteiger partial charge in [0.05, 0.1) is 0 Å². The number of benzene rings is 1. The zero-order valence-electron chi connectivity index (χ0n) is 9.04. The maximum atomic E-state index is 3.09. The molecule has 0 heterocycles. The Hall–Kier alpha value is -1.52. The Bertz CT molecular complexity index is 388. The highest BCUT2D eigenvalue weighted by Gasteiger charge is 1.99. The van der Waals surface area contributed by atoms with Crippen LogP contribution in [0.1, 0.15) is 30.5 Å². The van der Waals surface area contributed by atoms with Crippen LogP contribution < -0.4 is 0 Å². The fourth-order valence-electron chi connectivity index (χ4n) is 1.39. The highest BCUT2D eigenvalue weighted by Crippen LogP contribution is 2.18. The van der Waals surface area contributed by atoms with E-state index in [9.17, 15) is 0 Å². The van der Waals surface area contributed by atoms with Crippen molar-refractivity contribution in [3.8, 4) is 0 Å². The van der Waals surface area contributed by atoms with Crippen molar-refractivity contribution in [1.29, 1.82) is 0 Å². The lowest BCUT2D eigenvalue weighted by Gasteiger charge is -2.02. The Morgan fingerprint density at radius 1 is 1.14 bits per heavy atom. The Morgan fingerprint density at radius 2 is 1.93 bits per heavy atom. The topological polar surface area (TPSA) is 0 Å². The summed E-state index contributed by atoms with van der Waals surface area (Å²) in [5.41, 5.74) is 6.96. The van der Waals surface area contributed by atoms with E-state index in [0.717, 1.165) is 0 Å². The average molecular weight is 184 g/mol. The minimum atomic E-state index is 1.25. The molecule has 1 aromatic rings. The largest absolute Gasteiger partial charge is 0.120 e. The second-order valence-electron chi connectivity index (χ2n) is 2.91. The van der Waals surface area contributed by atoms with Crippen molar-refractivity contribution in [2.24, 2.45) is 0 Å². The van der Waals surface area contributed by atoms with Crippen LogP contribution in [-0.2, 0) is 0 Å². The Kier molecular flexibility index (Phi) is 3.97. The van der Waals surface area contributed by atoms with E-state index in [2.05, 4.69) is 36.9 Å².